The van der Waals surface area contributed by atoms with Crippen molar-refractivity contribution in [3.8, 4) is 0 Å². The molecule has 3 rings (SSSR count). The van der Waals surface area contributed by atoms with Gasteiger partial charge >= 0.3 is 0 Å². The highest BCUT2D eigenvalue weighted by Crippen LogP contribution is 2.39. The third kappa shape index (κ3) is 2.37. The largest absolute Gasteiger partial charge is 0.367 e. The van der Waals surface area contributed by atoms with Crippen molar-refractivity contribution in [2.24, 2.45) is 5.92 Å². The normalized spacial score (nSPS) is 21.9. The van der Waals surface area contributed by atoms with E-state index in [1.807, 2.05) is 6.07 Å². The van der Waals surface area contributed by atoms with Crippen molar-refractivity contribution in [3.63, 3.8) is 0 Å². The summed E-state index contributed by atoms with van der Waals surface area (Å²) < 4.78 is 0.898. The Morgan fingerprint density at radius 3 is 2.69 bits per heavy atom. The van der Waals surface area contributed by atoms with E-state index < -0.39 is 0 Å². The lowest BCUT2D eigenvalue weighted by Gasteiger charge is -2.14. The van der Waals surface area contributed by atoms with E-state index in [9.17, 15) is 0 Å². The quantitative estimate of drug-likeness (QED) is 0.861. The van der Waals surface area contributed by atoms with Crippen LogP contribution in [0, 0.1) is 5.92 Å². The van der Waals surface area contributed by atoms with Gasteiger partial charge in [0.1, 0.15) is 16.2 Å². The minimum Gasteiger partial charge on any atom is -0.367 e. The topological polar surface area (TPSA) is 37.8 Å². The first-order valence-electron chi connectivity index (χ1n) is 6.03. The maximum absolute atomic E-state index is 4.59. The second-order valence-corrected chi connectivity index (χ2v) is 5.79. The summed E-state index contributed by atoms with van der Waals surface area (Å²) in [6.07, 6.45) is 5.20. The van der Waals surface area contributed by atoms with Gasteiger partial charge in [-0.1, -0.05) is 0 Å². The van der Waals surface area contributed by atoms with Crippen molar-refractivity contribution < 1.29 is 0 Å². The van der Waals surface area contributed by atoms with E-state index >= 15 is 0 Å². The number of hydrogen-bond donors (Lipinski definition) is 1. The van der Waals surface area contributed by atoms with Crippen molar-refractivity contribution in [1.82, 2.24) is 9.97 Å². The fourth-order valence-electron chi connectivity index (χ4n) is 1.98. The van der Waals surface area contributed by atoms with Gasteiger partial charge in [0.05, 0.1) is 0 Å². The van der Waals surface area contributed by atoms with E-state index in [2.05, 4.69) is 38.1 Å². The Morgan fingerprint density at radius 1 is 1.31 bits per heavy atom. The Labute approximate surface area is 104 Å². The van der Waals surface area contributed by atoms with Gasteiger partial charge in [-0.3, -0.25) is 0 Å². The van der Waals surface area contributed by atoms with Gasteiger partial charge < -0.3 is 5.32 Å². The van der Waals surface area contributed by atoms with Crippen LogP contribution in [0.3, 0.4) is 0 Å². The summed E-state index contributed by atoms with van der Waals surface area (Å²) in [6, 6.07) is 2.51. The summed E-state index contributed by atoms with van der Waals surface area (Å²) in [5, 5.41) is 3.49. The van der Waals surface area contributed by atoms with E-state index in [4.69, 9.17) is 0 Å². The summed E-state index contributed by atoms with van der Waals surface area (Å²) in [5.74, 6) is 3.43. The number of aromatic nitrogens is 2. The minimum absolute atomic E-state index is 0.536. The number of nitrogens with zero attached hydrogens (tertiary/aromatic N) is 2. The van der Waals surface area contributed by atoms with Crippen LogP contribution in [0.5, 0.6) is 0 Å². The van der Waals surface area contributed by atoms with Crippen molar-refractivity contribution in [1.29, 1.82) is 0 Å². The Hall–Kier alpha value is -0.640. The van der Waals surface area contributed by atoms with Crippen LogP contribution >= 0.6 is 15.9 Å². The molecule has 0 bridgehead atoms. The summed E-state index contributed by atoms with van der Waals surface area (Å²) >= 11 is 3.46. The van der Waals surface area contributed by atoms with Crippen LogP contribution in [0.25, 0.3) is 0 Å². The standard InChI is InChI=1S/C12H16BrN3/c1-7(8-2-3-8)14-11-6-10(13)15-12(16-11)9-4-5-9/h6-9H,2-5H2,1H3,(H,14,15,16). The molecule has 2 aliphatic rings. The van der Waals surface area contributed by atoms with Gasteiger partial charge in [0.25, 0.3) is 0 Å². The second-order valence-electron chi connectivity index (χ2n) is 4.98. The molecule has 0 spiro atoms. The lowest BCUT2D eigenvalue weighted by Crippen LogP contribution is -2.18. The molecule has 16 heavy (non-hydrogen) atoms. The molecule has 0 aromatic carbocycles. The van der Waals surface area contributed by atoms with E-state index in [-0.39, 0.29) is 0 Å². The average molecular weight is 282 g/mol. The number of halogens is 1. The molecular formula is C12H16BrN3. The van der Waals surface area contributed by atoms with Gasteiger partial charge in [-0.15, -0.1) is 0 Å². The molecule has 1 atom stereocenters. The molecule has 0 saturated heterocycles. The molecule has 4 heteroatoms. The molecule has 2 saturated carbocycles. The van der Waals surface area contributed by atoms with Gasteiger partial charge in [0.15, 0.2) is 0 Å². The monoisotopic (exact) mass is 281 g/mol. The number of hydrogen-bond acceptors (Lipinski definition) is 3. The van der Waals surface area contributed by atoms with Crippen LogP contribution in [0.1, 0.15) is 44.3 Å². The van der Waals surface area contributed by atoms with Crippen LogP contribution in [0.15, 0.2) is 10.7 Å². The average Bonchev–Trinajstić information content (AvgIpc) is 3.10. The maximum atomic E-state index is 4.59. The first-order chi connectivity index (χ1) is 7.72. The first kappa shape index (κ1) is 10.5. The van der Waals surface area contributed by atoms with E-state index in [1.165, 1.54) is 25.7 Å². The summed E-state index contributed by atoms with van der Waals surface area (Å²) in [6.45, 7) is 2.24. The van der Waals surface area contributed by atoms with E-state index in [0.29, 0.717) is 12.0 Å². The highest BCUT2D eigenvalue weighted by atomic mass is 79.9. The predicted molar refractivity (Wildman–Crippen MR) is 67.5 cm³/mol. The third-order valence-corrected chi connectivity index (χ3v) is 3.77. The van der Waals surface area contributed by atoms with Crippen molar-refractivity contribution >= 4 is 21.7 Å². The maximum Gasteiger partial charge on any atom is 0.135 e. The predicted octanol–water partition coefficient (Wildman–Crippen LogP) is 3.33. The molecule has 0 aliphatic heterocycles. The highest BCUT2D eigenvalue weighted by Gasteiger charge is 2.29. The summed E-state index contributed by atoms with van der Waals surface area (Å²) in [4.78, 5) is 9.02. The Kier molecular flexibility index (Phi) is 2.62. The summed E-state index contributed by atoms with van der Waals surface area (Å²) in [5.41, 5.74) is 0. The van der Waals surface area contributed by atoms with Crippen LogP contribution in [-0.2, 0) is 0 Å². The molecule has 1 aromatic rings. The van der Waals surface area contributed by atoms with Crippen molar-refractivity contribution in [2.45, 2.75) is 44.6 Å². The third-order valence-electron chi connectivity index (χ3n) is 3.36. The summed E-state index contributed by atoms with van der Waals surface area (Å²) in [7, 11) is 0. The van der Waals surface area contributed by atoms with Crippen LogP contribution in [0.4, 0.5) is 5.82 Å². The number of rotatable bonds is 4. The van der Waals surface area contributed by atoms with Crippen LogP contribution in [-0.4, -0.2) is 16.0 Å². The van der Waals surface area contributed by atoms with Gasteiger partial charge in [0.2, 0.25) is 0 Å². The first-order valence-corrected chi connectivity index (χ1v) is 6.82. The fraction of sp³-hybridized carbons (Fsp3) is 0.667. The van der Waals surface area contributed by atoms with E-state index in [1.54, 1.807) is 0 Å². The van der Waals surface area contributed by atoms with Crippen molar-refractivity contribution in [3.05, 3.63) is 16.5 Å². The Morgan fingerprint density at radius 2 is 2.06 bits per heavy atom. The minimum atomic E-state index is 0.536. The molecule has 1 unspecified atom stereocenters. The molecular weight excluding hydrogens is 266 g/mol. The zero-order chi connectivity index (χ0) is 11.1. The molecule has 1 heterocycles. The zero-order valence-electron chi connectivity index (χ0n) is 9.41. The highest BCUT2D eigenvalue weighted by molar-refractivity contribution is 9.10. The second kappa shape index (κ2) is 3.99. The number of anilines is 1. The smallest absolute Gasteiger partial charge is 0.135 e. The zero-order valence-corrected chi connectivity index (χ0v) is 11.0. The van der Waals surface area contributed by atoms with Crippen molar-refractivity contribution in [2.75, 3.05) is 5.32 Å². The van der Waals surface area contributed by atoms with Gasteiger partial charge in [-0.05, 0) is 54.5 Å². The number of nitrogens with one attached hydrogen (secondary N) is 1. The molecule has 3 nitrogen and oxygen atoms in total. The van der Waals surface area contributed by atoms with Gasteiger partial charge in [-0.25, -0.2) is 9.97 Å². The van der Waals surface area contributed by atoms with Gasteiger partial charge in [0, 0.05) is 18.0 Å². The lowest BCUT2D eigenvalue weighted by atomic mass is 10.2. The van der Waals surface area contributed by atoms with Crippen LogP contribution in [0.2, 0.25) is 0 Å². The molecule has 0 radical (unpaired) electrons. The fourth-order valence-corrected chi connectivity index (χ4v) is 2.38. The molecule has 1 aromatic heterocycles. The van der Waals surface area contributed by atoms with E-state index in [0.717, 1.165) is 22.2 Å². The SMILES string of the molecule is CC(Nc1cc(Br)nc(C2CC2)n1)C1CC1. The van der Waals surface area contributed by atoms with Crippen LogP contribution < -0.4 is 5.32 Å². The van der Waals surface area contributed by atoms with Gasteiger partial charge in [-0.2, -0.15) is 0 Å². The molecule has 2 fully saturated rings. The molecule has 0 amide bonds. The molecule has 2 aliphatic carbocycles. The lowest BCUT2D eigenvalue weighted by molar-refractivity contribution is 0.688. The Balaban J connectivity index is 1.76. The molecule has 86 valence electrons. The Bertz CT molecular complexity index is 399. The molecule has 1 N–H and O–H groups in total.